The van der Waals surface area contributed by atoms with Crippen molar-refractivity contribution in [2.24, 2.45) is 0 Å². The second-order valence-corrected chi connectivity index (χ2v) is 6.99. The molecule has 1 N–H and O–H groups in total. The summed E-state index contributed by atoms with van der Waals surface area (Å²) < 4.78 is 27.1. The van der Waals surface area contributed by atoms with Gasteiger partial charge in [0, 0.05) is 22.8 Å². The van der Waals surface area contributed by atoms with Gasteiger partial charge in [-0.1, -0.05) is 6.07 Å². The van der Waals surface area contributed by atoms with Gasteiger partial charge in [-0.3, -0.25) is 9.71 Å². The molecule has 0 saturated carbocycles. The Kier molecular flexibility index (Phi) is 4.94. The van der Waals surface area contributed by atoms with Crippen molar-refractivity contribution in [3.05, 3.63) is 58.3 Å². The second-order valence-electron chi connectivity index (χ2n) is 4.30. The van der Waals surface area contributed by atoms with Gasteiger partial charge in [0.1, 0.15) is 0 Å². The number of pyridine rings is 1. The zero-order valence-electron chi connectivity index (χ0n) is 11.0. The van der Waals surface area contributed by atoms with Crippen LogP contribution >= 0.6 is 15.9 Å². The summed E-state index contributed by atoms with van der Waals surface area (Å²) in [6, 6.07) is 12.1. The number of benzene rings is 1. The highest BCUT2D eigenvalue weighted by molar-refractivity contribution is 9.10. The number of aromatic nitrogens is 1. The van der Waals surface area contributed by atoms with E-state index in [9.17, 15) is 8.42 Å². The number of sulfonamides is 1. The first kappa shape index (κ1) is 15.5. The molecular formula is C14H12BrN3O2S. The number of aryl methyl sites for hydroxylation is 1. The summed E-state index contributed by atoms with van der Waals surface area (Å²) >= 11 is 3.25. The van der Waals surface area contributed by atoms with Gasteiger partial charge in [0.05, 0.1) is 23.1 Å². The van der Waals surface area contributed by atoms with Crippen LogP contribution in [0.5, 0.6) is 0 Å². The van der Waals surface area contributed by atoms with E-state index in [1.807, 2.05) is 12.1 Å². The van der Waals surface area contributed by atoms with Crippen LogP contribution < -0.4 is 4.72 Å². The van der Waals surface area contributed by atoms with E-state index in [0.29, 0.717) is 22.1 Å². The van der Waals surface area contributed by atoms with E-state index in [0.717, 1.165) is 5.69 Å². The highest BCUT2D eigenvalue weighted by Gasteiger charge is 2.13. The summed E-state index contributed by atoms with van der Waals surface area (Å²) in [5, 5.41) is 8.78. The highest BCUT2D eigenvalue weighted by atomic mass is 79.9. The van der Waals surface area contributed by atoms with Gasteiger partial charge >= 0.3 is 0 Å². The lowest BCUT2D eigenvalue weighted by Crippen LogP contribution is -2.18. The molecule has 0 aliphatic rings. The number of rotatable bonds is 5. The molecule has 21 heavy (non-hydrogen) atoms. The topological polar surface area (TPSA) is 82.9 Å². The zero-order valence-corrected chi connectivity index (χ0v) is 13.4. The SMILES string of the molecule is N#Cc1ccc(NS(=O)(=O)CCc2ccccn2)c(Br)c1. The van der Waals surface area contributed by atoms with Gasteiger partial charge in [-0.05, 0) is 46.3 Å². The third-order valence-electron chi connectivity index (χ3n) is 2.72. The molecule has 1 heterocycles. The molecule has 0 aliphatic carbocycles. The molecular weight excluding hydrogens is 354 g/mol. The lowest BCUT2D eigenvalue weighted by atomic mass is 10.2. The number of nitrogens with one attached hydrogen (secondary N) is 1. The Bertz CT molecular complexity index is 771. The molecule has 108 valence electrons. The number of halogens is 1. The van der Waals surface area contributed by atoms with E-state index >= 15 is 0 Å². The molecule has 5 nitrogen and oxygen atoms in total. The molecule has 1 aromatic heterocycles. The minimum Gasteiger partial charge on any atom is -0.282 e. The monoisotopic (exact) mass is 365 g/mol. The van der Waals surface area contributed by atoms with Gasteiger partial charge in [-0.25, -0.2) is 8.42 Å². The molecule has 0 amide bonds. The molecule has 0 unspecified atom stereocenters. The summed E-state index contributed by atoms with van der Waals surface area (Å²) in [5.74, 6) is -0.0591. The van der Waals surface area contributed by atoms with Crippen molar-refractivity contribution in [3.63, 3.8) is 0 Å². The highest BCUT2D eigenvalue weighted by Crippen LogP contribution is 2.24. The second kappa shape index (κ2) is 6.70. The minimum atomic E-state index is -3.48. The molecule has 0 aliphatic heterocycles. The van der Waals surface area contributed by atoms with E-state index in [4.69, 9.17) is 5.26 Å². The van der Waals surface area contributed by atoms with Crippen LogP contribution in [-0.4, -0.2) is 19.2 Å². The third kappa shape index (κ3) is 4.55. The number of anilines is 1. The molecule has 2 rings (SSSR count). The summed E-state index contributed by atoms with van der Waals surface area (Å²) in [6.45, 7) is 0. The summed E-state index contributed by atoms with van der Waals surface area (Å²) in [4.78, 5) is 4.09. The zero-order chi connectivity index (χ0) is 15.3. The average molecular weight is 366 g/mol. The van der Waals surface area contributed by atoms with Gasteiger partial charge in [-0.15, -0.1) is 0 Å². The van der Waals surface area contributed by atoms with Gasteiger partial charge in [0.2, 0.25) is 10.0 Å². The number of nitriles is 1. The van der Waals surface area contributed by atoms with E-state index < -0.39 is 10.0 Å². The number of hydrogen-bond acceptors (Lipinski definition) is 4. The Morgan fingerprint density at radius 2 is 2.10 bits per heavy atom. The van der Waals surface area contributed by atoms with E-state index in [1.54, 1.807) is 36.5 Å². The maximum Gasteiger partial charge on any atom is 0.233 e. The van der Waals surface area contributed by atoms with Gasteiger partial charge < -0.3 is 0 Å². The molecule has 0 spiro atoms. The van der Waals surface area contributed by atoms with Crippen molar-refractivity contribution in [1.29, 1.82) is 5.26 Å². The van der Waals surface area contributed by atoms with Crippen LogP contribution in [0.2, 0.25) is 0 Å². The molecule has 1 aromatic carbocycles. The lowest BCUT2D eigenvalue weighted by molar-refractivity contribution is 0.600. The van der Waals surface area contributed by atoms with Crippen molar-refractivity contribution in [3.8, 4) is 6.07 Å². The van der Waals surface area contributed by atoms with Crippen LogP contribution in [0, 0.1) is 11.3 Å². The van der Waals surface area contributed by atoms with Crippen LogP contribution in [0.4, 0.5) is 5.69 Å². The van der Waals surface area contributed by atoms with Crippen LogP contribution in [0.15, 0.2) is 47.1 Å². The van der Waals surface area contributed by atoms with Crippen LogP contribution in [0.3, 0.4) is 0 Å². The van der Waals surface area contributed by atoms with E-state index in [-0.39, 0.29) is 5.75 Å². The Balaban J connectivity index is 2.06. The molecule has 0 fully saturated rings. The number of nitrogens with zero attached hydrogens (tertiary/aromatic N) is 2. The quantitative estimate of drug-likeness (QED) is 0.882. The first-order valence-electron chi connectivity index (χ1n) is 6.10. The molecule has 2 aromatic rings. The average Bonchev–Trinajstić information content (AvgIpc) is 2.48. The molecule has 0 atom stereocenters. The summed E-state index contributed by atoms with van der Waals surface area (Å²) in [6.07, 6.45) is 1.97. The Hall–Kier alpha value is -1.91. The summed E-state index contributed by atoms with van der Waals surface area (Å²) in [7, 11) is -3.48. The standard InChI is InChI=1S/C14H12BrN3O2S/c15-13-9-11(10-16)4-5-14(13)18-21(19,20)8-6-12-3-1-2-7-17-12/h1-5,7,9,18H,6,8H2. The van der Waals surface area contributed by atoms with Gasteiger partial charge in [-0.2, -0.15) is 5.26 Å². The van der Waals surface area contributed by atoms with Gasteiger partial charge in [0.15, 0.2) is 0 Å². The predicted octanol–water partition coefficient (Wildman–Crippen LogP) is 2.70. The molecule has 0 saturated heterocycles. The maximum absolute atomic E-state index is 12.1. The Morgan fingerprint density at radius 3 is 2.71 bits per heavy atom. The first-order valence-corrected chi connectivity index (χ1v) is 8.55. The van der Waals surface area contributed by atoms with Crippen molar-refractivity contribution >= 4 is 31.6 Å². The Morgan fingerprint density at radius 1 is 1.29 bits per heavy atom. The van der Waals surface area contributed by atoms with Crippen LogP contribution in [0.1, 0.15) is 11.3 Å². The lowest BCUT2D eigenvalue weighted by Gasteiger charge is -2.09. The van der Waals surface area contributed by atoms with Crippen LogP contribution in [-0.2, 0) is 16.4 Å². The largest absolute Gasteiger partial charge is 0.282 e. The third-order valence-corrected chi connectivity index (χ3v) is 4.65. The maximum atomic E-state index is 12.1. The van der Waals surface area contributed by atoms with Crippen molar-refractivity contribution in [2.75, 3.05) is 10.5 Å². The first-order chi connectivity index (χ1) is 10.00. The summed E-state index contributed by atoms with van der Waals surface area (Å²) in [5.41, 5.74) is 1.59. The normalized spacial score (nSPS) is 10.9. The smallest absolute Gasteiger partial charge is 0.233 e. The fraction of sp³-hybridized carbons (Fsp3) is 0.143. The fourth-order valence-corrected chi connectivity index (χ4v) is 3.37. The van der Waals surface area contributed by atoms with E-state index in [2.05, 4.69) is 25.6 Å². The number of hydrogen-bond donors (Lipinski definition) is 1. The Labute approximate surface area is 131 Å². The van der Waals surface area contributed by atoms with Gasteiger partial charge in [0.25, 0.3) is 0 Å². The van der Waals surface area contributed by atoms with Crippen molar-refractivity contribution < 1.29 is 8.42 Å². The van der Waals surface area contributed by atoms with Crippen molar-refractivity contribution in [2.45, 2.75) is 6.42 Å². The van der Waals surface area contributed by atoms with Crippen molar-refractivity contribution in [1.82, 2.24) is 4.98 Å². The molecule has 7 heteroatoms. The molecule has 0 bridgehead atoms. The molecule has 0 radical (unpaired) electrons. The minimum absolute atomic E-state index is 0.0591. The predicted molar refractivity (Wildman–Crippen MR) is 84.2 cm³/mol. The fourth-order valence-electron chi connectivity index (χ4n) is 1.67. The van der Waals surface area contributed by atoms with Crippen LogP contribution in [0.25, 0.3) is 0 Å². The van der Waals surface area contributed by atoms with E-state index in [1.165, 1.54) is 0 Å².